The summed E-state index contributed by atoms with van der Waals surface area (Å²) in [4.78, 5) is 18.0. The Bertz CT molecular complexity index is 759. The summed E-state index contributed by atoms with van der Waals surface area (Å²) in [6.07, 6.45) is 1.08. The molecule has 21 heavy (non-hydrogen) atoms. The third-order valence-electron chi connectivity index (χ3n) is 2.98. The summed E-state index contributed by atoms with van der Waals surface area (Å²) in [6, 6.07) is 11.1. The number of rotatable bonds is 5. The van der Waals surface area contributed by atoms with E-state index in [9.17, 15) is 13.2 Å². The smallest absolute Gasteiger partial charge is 0.272 e. The van der Waals surface area contributed by atoms with Crippen LogP contribution in [0, 0.1) is 0 Å². The number of benzene rings is 1. The van der Waals surface area contributed by atoms with Gasteiger partial charge in [0.1, 0.15) is 5.69 Å². The molecule has 2 rings (SSSR count). The molecule has 7 heteroatoms. The molecule has 0 aliphatic carbocycles. The number of para-hydroxylation sites is 1. The molecule has 0 bridgehead atoms. The first-order chi connectivity index (χ1) is 9.87. The molecule has 1 N–H and O–H groups in total. The molecule has 0 unspecified atom stereocenters. The zero-order valence-electron chi connectivity index (χ0n) is 11.9. The molecule has 6 nitrogen and oxygen atoms in total. The van der Waals surface area contributed by atoms with Crippen molar-refractivity contribution >= 4 is 26.8 Å². The molecular weight excluding hydrogens is 290 g/mol. The molecule has 0 radical (unpaired) electrons. The van der Waals surface area contributed by atoms with Gasteiger partial charge in [-0.3, -0.25) is 4.79 Å². The van der Waals surface area contributed by atoms with Gasteiger partial charge in [-0.25, -0.2) is 18.1 Å². The fourth-order valence-corrected chi connectivity index (χ4v) is 2.34. The van der Waals surface area contributed by atoms with E-state index in [2.05, 4.69) is 9.71 Å². The average Bonchev–Trinajstić information content (AvgIpc) is 2.44. The van der Waals surface area contributed by atoms with Crippen molar-refractivity contribution in [2.75, 3.05) is 26.4 Å². The second kappa shape index (κ2) is 6.19. The van der Waals surface area contributed by atoms with Crippen LogP contribution in [-0.2, 0) is 10.0 Å². The van der Waals surface area contributed by atoms with Crippen molar-refractivity contribution in [3.63, 3.8) is 0 Å². The lowest BCUT2D eigenvalue weighted by Gasteiger charge is -2.16. The van der Waals surface area contributed by atoms with Crippen LogP contribution in [0.3, 0.4) is 0 Å². The number of nitrogens with one attached hydrogen (secondary N) is 1. The zero-order valence-corrected chi connectivity index (χ0v) is 12.7. The summed E-state index contributed by atoms with van der Waals surface area (Å²) >= 11 is 0. The standard InChI is InChI=1S/C14H17N3O3S/c1-17(10-9-15-21(2,19)20)14(18)13-8-7-11-5-3-4-6-12(11)16-13/h3-8,15H,9-10H2,1-2H3. The fraction of sp³-hybridized carbons (Fsp3) is 0.286. The number of carbonyl (C=O) groups is 1. The highest BCUT2D eigenvalue weighted by atomic mass is 32.2. The van der Waals surface area contributed by atoms with Crippen molar-refractivity contribution in [1.29, 1.82) is 0 Å². The number of carbonyl (C=O) groups excluding carboxylic acids is 1. The predicted molar refractivity (Wildman–Crippen MR) is 81.6 cm³/mol. The first kappa shape index (κ1) is 15.4. The number of likely N-dealkylation sites (N-methyl/N-ethyl adjacent to an activating group) is 1. The Morgan fingerprint density at radius 3 is 2.67 bits per heavy atom. The van der Waals surface area contributed by atoms with Gasteiger partial charge in [0.2, 0.25) is 10.0 Å². The number of fused-ring (bicyclic) bond motifs is 1. The van der Waals surface area contributed by atoms with Crippen LogP contribution in [0.4, 0.5) is 0 Å². The molecule has 0 saturated heterocycles. The van der Waals surface area contributed by atoms with Crippen LogP contribution >= 0.6 is 0 Å². The molecule has 0 aliphatic heterocycles. The highest BCUT2D eigenvalue weighted by molar-refractivity contribution is 7.88. The van der Waals surface area contributed by atoms with Gasteiger partial charge in [-0.1, -0.05) is 24.3 Å². The minimum absolute atomic E-state index is 0.175. The SMILES string of the molecule is CN(CCNS(C)(=O)=O)C(=O)c1ccc2ccccc2n1. The number of hydrogen-bond donors (Lipinski definition) is 1. The van der Waals surface area contributed by atoms with E-state index in [0.717, 1.165) is 17.2 Å². The number of hydrogen-bond acceptors (Lipinski definition) is 4. The molecule has 112 valence electrons. The van der Waals surface area contributed by atoms with Gasteiger partial charge < -0.3 is 4.90 Å². The summed E-state index contributed by atoms with van der Waals surface area (Å²) in [5.41, 5.74) is 1.10. The number of aromatic nitrogens is 1. The van der Waals surface area contributed by atoms with Crippen LogP contribution < -0.4 is 4.72 Å². The third kappa shape index (κ3) is 4.24. The molecule has 0 atom stereocenters. The summed E-state index contributed by atoms with van der Waals surface area (Å²) in [5, 5.41) is 0.968. The van der Waals surface area contributed by atoms with Crippen LogP contribution in [0.1, 0.15) is 10.5 Å². The first-order valence-corrected chi connectivity index (χ1v) is 8.32. The van der Waals surface area contributed by atoms with Crippen molar-refractivity contribution in [3.8, 4) is 0 Å². The monoisotopic (exact) mass is 307 g/mol. The van der Waals surface area contributed by atoms with Crippen molar-refractivity contribution in [2.45, 2.75) is 0 Å². The number of pyridine rings is 1. The minimum atomic E-state index is -3.24. The highest BCUT2D eigenvalue weighted by Crippen LogP contribution is 2.12. The van der Waals surface area contributed by atoms with Gasteiger partial charge in [-0.05, 0) is 12.1 Å². The molecule has 0 aliphatic rings. The van der Waals surface area contributed by atoms with Crippen LogP contribution in [0.5, 0.6) is 0 Å². The highest BCUT2D eigenvalue weighted by Gasteiger charge is 2.13. The molecule has 0 spiro atoms. The Kier molecular flexibility index (Phi) is 4.54. The summed E-state index contributed by atoms with van der Waals surface area (Å²) in [5.74, 6) is -0.240. The molecule has 1 aromatic heterocycles. The van der Waals surface area contributed by atoms with E-state index in [0.29, 0.717) is 5.69 Å². The Balaban J connectivity index is 2.07. The van der Waals surface area contributed by atoms with Crippen LogP contribution in [-0.4, -0.2) is 50.6 Å². The second-order valence-electron chi connectivity index (χ2n) is 4.78. The fourth-order valence-electron chi connectivity index (χ4n) is 1.88. The molecule has 1 aromatic carbocycles. The van der Waals surface area contributed by atoms with Crippen molar-refractivity contribution in [3.05, 3.63) is 42.1 Å². The number of sulfonamides is 1. The van der Waals surface area contributed by atoms with Crippen LogP contribution in [0.15, 0.2) is 36.4 Å². The molecule has 0 saturated carbocycles. The summed E-state index contributed by atoms with van der Waals surface area (Å²) in [7, 11) is -1.63. The van der Waals surface area contributed by atoms with Gasteiger partial charge in [0.15, 0.2) is 0 Å². The van der Waals surface area contributed by atoms with Gasteiger partial charge in [0, 0.05) is 25.5 Å². The van der Waals surface area contributed by atoms with E-state index in [1.807, 2.05) is 30.3 Å². The molecule has 2 aromatic rings. The van der Waals surface area contributed by atoms with E-state index in [-0.39, 0.29) is 19.0 Å². The normalized spacial score (nSPS) is 11.5. The molecule has 0 fully saturated rings. The maximum Gasteiger partial charge on any atom is 0.272 e. The average molecular weight is 307 g/mol. The molecule has 1 heterocycles. The van der Waals surface area contributed by atoms with E-state index < -0.39 is 10.0 Å². The van der Waals surface area contributed by atoms with Gasteiger partial charge in [0.25, 0.3) is 5.91 Å². The Morgan fingerprint density at radius 1 is 1.24 bits per heavy atom. The van der Waals surface area contributed by atoms with Crippen molar-refractivity contribution in [1.82, 2.24) is 14.6 Å². The van der Waals surface area contributed by atoms with Crippen molar-refractivity contribution < 1.29 is 13.2 Å². The summed E-state index contributed by atoms with van der Waals surface area (Å²) in [6.45, 7) is 0.453. The van der Waals surface area contributed by atoms with Gasteiger partial charge in [-0.15, -0.1) is 0 Å². The van der Waals surface area contributed by atoms with E-state index >= 15 is 0 Å². The lowest BCUT2D eigenvalue weighted by atomic mass is 10.2. The maximum absolute atomic E-state index is 12.2. The minimum Gasteiger partial charge on any atom is -0.339 e. The quantitative estimate of drug-likeness (QED) is 0.888. The van der Waals surface area contributed by atoms with E-state index in [4.69, 9.17) is 0 Å². The number of nitrogens with zero attached hydrogens (tertiary/aromatic N) is 2. The topological polar surface area (TPSA) is 79.4 Å². The zero-order chi connectivity index (χ0) is 15.5. The van der Waals surface area contributed by atoms with Crippen LogP contribution in [0.25, 0.3) is 10.9 Å². The Hall–Kier alpha value is -1.99. The largest absolute Gasteiger partial charge is 0.339 e. The first-order valence-electron chi connectivity index (χ1n) is 6.43. The lowest BCUT2D eigenvalue weighted by molar-refractivity contribution is 0.0792. The maximum atomic E-state index is 12.2. The number of amides is 1. The molecular formula is C14H17N3O3S. The van der Waals surface area contributed by atoms with Gasteiger partial charge >= 0.3 is 0 Å². The van der Waals surface area contributed by atoms with E-state index in [1.165, 1.54) is 4.90 Å². The summed E-state index contributed by atoms with van der Waals surface area (Å²) < 4.78 is 24.3. The van der Waals surface area contributed by atoms with Crippen molar-refractivity contribution in [2.24, 2.45) is 0 Å². The molecule has 1 amide bonds. The predicted octanol–water partition coefficient (Wildman–Crippen LogP) is 0.856. The lowest BCUT2D eigenvalue weighted by Crippen LogP contribution is -2.36. The van der Waals surface area contributed by atoms with Gasteiger partial charge in [0.05, 0.1) is 11.8 Å². The van der Waals surface area contributed by atoms with Gasteiger partial charge in [-0.2, -0.15) is 0 Å². The second-order valence-corrected chi connectivity index (χ2v) is 6.62. The van der Waals surface area contributed by atoms with E-state index in [1.54, 1.807) is 13.1 Å². The Morgan fingerprint density at radius 2 is 1.95 bits per heavy atom. The van der Waals surface area contributed by atoms with Crippen LogP contribution in [0.2, 0.25) is 0 Å². The third-order valence-corrected chi connectivity index (χ3v) is 3.70. The Labute approximate surface area is 123 Å².